The number of imidazole rings is 1. The first-order chi connectivity index (χ1) is 13.2. The number of nitrogens with zero attached hydrogens (tertiary/aromatic N) is 5. The van der Waals surface area contributed by atoms with Crippen LogP contribution < -0.4 is 0 Å². The summed E-state index contributed by atoms with van der Waals surface area (Å²) in [5, 5.41) is 15.6. The fourth-order valence-electron chi connectivity index (χ4n) is 4.80. The largest absolute Gasteiger partial charge is 0.391 e. The Kier molecular flexibility index (Phi) is 4.23. The van der Waals surface area contributed by atoms with Crippen LogP contribution in [0.5, 0.6) is 0 Å². The standard InChI is InChI=1S/C21H27N5O/c1-14-19(22-18-12-6-7-13-25(14)18)21-23-20(15-8-2-3-9-15)24-26(21)16-10-4-5-11-17(16)27/h6-7,12-13,15-17,27H,2-5,8-11H2,1H3/t16-,17-/m1/s1. The molecule has 2 aliphatic carbocycles. The molecule has 0 spiro atoms. The van der Waals surface area contributed by atoms with Crippen LogP contribution >= 0.6 is 0 Å². The van der Waals surface area contributed by atoms with E-state index < -0.39 is 0 Å². The van der Waals surface area contributed by atoms with Crippen molar-refractivity contribution in [2.45, 2.75) is 76.4 Å². The average Bonchev–Trinajstić information content (AvgIpc) is 3.41. The Balaban J connectivity index is 1.65. The second kappa shape index (κ2) is 6.75. The maximum atomic E-state index is 10.7. The summed E-state index contributed by atoms with van der Waals surface area (Å²) in [7, 11) is 0. The number of aromatic nitrogens is 5. The minimum atomic E-state index is -0.354. The number of fused-ring (bicyclic) bond motifs is 1. The molecule has 3 heterocycles. The van der Waals surface area contributed by atoms with Crippen LogP contribution in [0.4, 0.5) is 0 Å². The molecule has 3 aromatic rings. The molecule has 2 aliphatic rings. The molecule has 0 aliphatic heterocycles. The van der Waals surface area contributed by atoms with Crippen molar-refractivity contribution in [3.63, 3.8) is 0 Å². The van der Waals surface area contributed by atoms with Crippen molar-refractivity contribution < 1.29 is 5.11 Å². The molecule has 0 unspecified atom stereocenters. The highest BCUT2D eigenvalue weighted by Crippen LogP contribution is 2.37. The van der Waals surface area contributed by atoms with Gasteiger partial charge in [-0.15, -0.1) is 0 Å². The van der Waals surface area contributed by atoms with Gasteiger partial charge in [-0.3, -0.25) is 0 Å². The van der Waals surface area contributed by atoms with Crippen LogP contribution in [0, 0.1) is 6.92 Å². The predicted molar refractivity (Wildman–Crippen MR) is 104 cm³/mol. The molecule has 6 heteroatoms. The van der Waals surface area contributed by atoms with Gasteiger partial charge in [0.25, 0.3) is 0 Å². The van der Waals surface area contributed by atoms with E-state index in [0.29, 0.717) is 5.92 Å². The highest BCUT2D eigenvalue weighted by atomic mass is 16.3. The van der Waals surface area contributed by atoms with Crippen molar-refractivity contribution in [1.29, 1.82) is 0 Å². The van der Waals surface area contributed by atoms with Gasteiger partial charge in [0.2, 0.25) is 0 Å². The van der Waals surface area contributed by atoms with Gasteiger partial charge in [-0.05, 0) is 44.7 Å². The van der Waals surface area contributed by atoms with Gasteiger partial charge in [0, 0.05) is 12.1 Å². The third kappa shape index (κ3) is 2.87. The van der Waals surface area contributed by atoms with Crippen LogP contribution in [-0.2, 0) is 0 Å². The molecule has 0 radical (unpaired) electrons. The van der Waals surface area contributed by atoms with Gasteiger partial charge < -0.3 is 9.51 Å². The van der Waals surface area contributed by atoms with Crippen molar-refractivity contribution in [2.24, 2.45) is 0 Å². The highest BCUT2D eigenvalue weighted by Gasteiger charge is 2.32. The summed E-state index contributed by atoms with van der Waals surface area (Å²) >= 11 is 0. The zero-order valence-electron chi connectivity index (χ0n) is 15.9. The van der Waals surface area contributed by atoms with Gasteiger partial charge in [-0.2, -0.15) is 5.10 Å². The monoisotopic (exact) mass is 365 g/mol. The van der Waals surface area contributed by atoms with Crippen LogP contribution in [0.3, 0.4) is 0 Å². The van der Waals surface area contributed by atoms with E-state index in [1.165, 1.54) is 25.7 Å². The Morgan fingerprint density at radius 3 is 2.56 bits per heavy atom. The van der Waals surface area contributed by atoms with Gasteiger partial charge >= 0.3 is 0 Å². The minimum Gasteiger partial charge on any atom is -0.391 e. The van der Waals surface area contributed by atoms with E-state index >= 15 is 0 Å². The molecule has 6 nitrogen and oxygen atoms in total. The molecular weight excluding hydrogens is 338 g/mol. The molecule has 2 saturated carbocycles. The molecule has 5 rings (SSSR count). The Bertz CT molecular complexity index is 953. The van der Waals surface area contributed by atoms with Crippen LogP contribution in [-0.4, -0.2) is 35.4 Å². The molecule has 0 bridgehead atoms. The fraction of sp³-hybridized carbons (Fsp3) is 0.571. The van der Waals surface area contributed by atoms with E-state index in [1.807, 2.05) is 29.1 Å². The van der Waals surface area contributed by atoms with Crippen molar-refractivity contribution >= 4 is 5.65 Å². The topological polar surface area (TPSA) is 68.2 Å². The van der Waals surface area contributed by atoms with Crippen molar-refractivity contribution in [3.8, 4) is 11.5 Å². The molecule has 3 aromatic heterocycles. The Morgan fingerprint density at radius 1 is 1.00 bits per heavy atom. The number of rotatable bonds is 3. The van der Waals surface area contributed by atoms with Gasteiger partial charge in [0.1, 0.15) is 11.3 Å². The Morgan fingerprint density at radius 2 is 1.78 bits per heavy atom. The summed E-state index contributed by atoms with van der Waals surface area (Å²) in [5.41, 5.74) is 2.88. The van der Waals surface area contributed by atoms with E-state index in [9.17, 15) is 5.11 Å². The SMILES string of the molecule is Cc1c(-c2nc(C3CCCC3)nn2[C@@H]2CCCC[C@H]2O)nc2ccccn12. The lowest BCUT2D eigenvalue weighted by Gasteiger charge is -2.28. The van der Waals surface area contributed by atoms with Crippen molar-refractivity contribution in [3.05, 3.63) is 35.9 Å². The number of pyridine rings is 1. The summed E-state index contributed by atoms with van der Waals surface area (Å²) in [6, 6.07) is 6.04. The summed E-state index contributed by atoms with van der Waals surface area (Å²) in [4.78, 5) is 9.85. The van der Waals surface area contributed by atoms with E-state index in [0.717, 1.165) is 54.4 Å². The molecule has 0 aromatic carbocycles. The summed E-state index contributed by atoms with van der Waals surface area (Å²) in [6.45, 7) is 2.08. The molecule has 27 heavy (non-hydrogen) atoms. The van der Waals surface area contributed by atoms with Crippen molar-refractivity contribution in [2.75, 3.05) is 0 Å². The van der Waals surface area contributed by atoms with E-state index in [2.05, 4.69) is 11.3 Å². The molecule has 142 valence electrons. The fourth-order valence-corrected chi connectivity index (χ4v) is 4.80. The Labute approximate surface area is 159 Å². The molecule has 1 N–H and O–H groups in total. The Hall–Kier alpha value is -2.21. The zero-order chi connectivity index (χ0) is 18.4. The van der Waals surface area contributed by atoms with Crippen LogP contribution in [0.25, 0.3) is 17.2 Å². The first-order valence-corrected chi connectivity index (χ1v) is 10.3. The van der Waals surface area contributed by atoms with Crippen LogP contribution in [0.15, 0.2) is 24.4 Å². The molecule has 0 saturated heterocycles. The lowest BCUT2D eigenvalue weighted by atomic mass is 9.92. The van der Waals surface area contributed by atoms with Crippen molar-refractivity contribution in [1.82, 2.24) is 24.1 Å². The highest BCUT2D eigenvalue weighted by molar-refractivity contribution is 5.60. The minimum absolute atomic E-state index is 0.000570. The zero-order valence-corrected chi connectivity index (χ0v) is 15.9. The van der Waals surface area contributed by atoms with Gasteiger partial charge in [0.05, 0.1) is 17.8 Å². The maximum Gasteiger partial charge on any atom is 0.179 e. The second-order valence-electron chi connectivity index (χ2n) is 8.11. The first-order valence-electron chi connectivity index (χ1n) is 10.3. The number of hydrogen-bond donors (Lipinski definition) is 1. The third-order valence-corrected chi connectivity index (χ3v) is 6.36. The third-order valence-electron chi connectivity index (χ3n) is 6.36. The molecule has 0 amide bonds. The molecule has 2 atom stereocenters. The number of hydrogen-bond acceptors (Lipinski definition) is 4. The average molecular weight is 365 g/mol. The van der Waals surface area contributed by atoms with Crippen LogP contribution in [0.2, 0.25) is 0 Å². The van der Waals surface area contributed by atoms with Gasteiger partial charge in [-0.25, -0.2) is 14.6 Å². The van der Waals surface area contributed by atoms with E-state index in [-0.39, 0.29) is 12.1 Å². The first kappa shape index (κ1) is 16.9. The lowest BCUT2D eigenvalue weighted by Crippen LogP contribution is -2.29. The van der Waals surface area contributed by atoms with Gasteiger partial charge in [-0.1, -0.05) is 31.7 Å². The summed E-state index contributed by atoms with van der Waals surface area (Å²) in [5.74, 6) is 2.21. The van der Waals surface area contributed by atoms with Gasteiger partial charge in [0.15, 0.2) is 11.6 Å². The number of aliphatic hydroxyl groups excluding tert-OH is 1. The molecular formula is C21H27N5O. The number of aryl methyl sites for hydroxylation is 1. The normalized spacial score (nSPS) is 24.1. The smallest absolute Gasteiger partial charge is 0.179 e. The predicted octanol–water partition coefficient (Wildman–Crippen LogP) is 4.03. The molecule has 2 fully saturated rings. The quantitative estimate of drug-likeness (QED) is 0.761. The lowest BCUT2D eigenvalue weighted by molar-refractivity contribution is 0.0699. The second-order valence-corrected chi connectivity index (χ2v) is 8.11. The van der Waals surface area contributed by atoms with E-state index in [1.54, 1.807) is 0 Å². The number of aliphatic hydroxyl groups is 1. The summed E-state index contributed by atoms with van der Waals surface area (Å²) < 4.78 is 4.10. The van der Waals surface area contributed by atoms with E-state index in [4.69, 9.17) is 15.1 Å². The maximum absolute atomic E-state index is 10.7. The summed E-state index contributed by atoms with van der Waals surface area (Å²) in [6.07, 6.45) is 10.5. The van der Waals surface area contributed by atoms with Crippen LogP contribution in [0.1, 0.15) is 74.8 Å².